The maximum atomic E-state index is 6.24. The third kappa shape index (κ3) is 8.35. The lowest BCUT2D eigenvalue weighted by Crippen LogP contribution is -2.37. The highest BCUT2D eigenvalue weighted by Gasteiger charge is 2.43. The smallest absolute Gasteiger partial charge is 0.0675 e. The van der Waals surface area contributed by atoms with Crippen molar-refractivity contribution >= 4 is 7.85 Å². The molecule has 0 unspecified atom stereocenters. The first kappa shape index (κ1) is 33.9. The van der Waals surface area contributed by atoms with Crippen molar-refractivity contribution in [3.05, 3.63) is 106 Å². The lowest BCUT2D eigenvalue weighted by Gasteiger charge is -2.45. The van der Waals surface area contributed by atoms with Gasteiger partial charge in [-0.1, -0.05) is 142 Å². The van der Waals surface area contributed by atoms with Crippen LogP contribution in [0.5, 0.6) is 0 Å². The highest BCUT2D eigenvalue weighted by molar-refractivity contribution is 6.08. The van der Waals surface area contributed by atoms with Crippen LogP contribution in [0.4, 0.5) is 0 Å². The van der Waals surface area contributed by atoms with E-state index in [0.29, 0.717) is 6.32 Å². The van der Waals surface area contributed by atoms with Crippen LogP contribution < -0.4 is 0 Å². The van der Waals surface area contributed by atoms with Crippen molar-refractivity contribution in [2.45, 2.75) is 103 Å². The summed E-state index contributed by atoms with van der Waals surface area (Å²) in [6, 6.07) is 27.4. The molecule has 0 aliphatic rings. The molecule has 0 aliphatic heterocycles. The molecule has 0 N–H and O–H groups in total. The van der Waals surface area contributed by atoms with Gasteiger partial charge in [0.05, 0.1) is 28.2 Å². The zero-order valence-corrected chi connectivity index (χ0v) is 28.1. The monoisotopic (exact) mass is 538 g/mol. The Labute approximate surface area is 249 Å². The molecule has 40 heavy (non-hydrogen) atoms. The van der Waals surface area contributed by atoms with Crippen molar-refractivity contribution in [3.63, 3.8) is 0 Å². The topological polar surface area (TPSA) is 0 Å². The maximum absolute atomic E-state index is 6.24. The third-order valence-corrected chi connectivity index (χ3v) is 7.34. The van der Waals surface area contributed by atoms with Crippen LogP contribution in [0.1, 0.15) is 109 Å². The molecule has 0 fully saturated rings. The summed E-state index contributed by atoms with van der Waals surface area (Å²) in [5.41, 5.74) is 8.18. The molecule has 1 nitrogen and oxygen atoms in total. The van der Waals surface area contributed by atoms with Crippen molar-refractivity contribution in [1.82, 2.24) is 0 Å². The number of benzene rings is 3. The molecule has 3 rings (SSSR count). The molecule has 0 amide bonds. The van der Waals surface area contributed by atoms with Gasteiger partial charge in [-0.3, -0.25) is 6.32 Å². The molecule has 3 radical (unpaired) electrons. The molecule has 0 saturated heterocycles. The van der Waals surface area contributed by atoms with E-state index in [9.17, 15) is 0 Å². The molecule has 0 bridgehead atoms. The Morgan fingerprint density at radius 1 is 0.475 bits per heavy atom. The average Bonchev–Trinajstić information content (AvgIpc) is 2.82. The van der Waals surface area contributed by atoms with Gasteiger partial charge in [-0.15, -0.1) is 0 Å². The van der Waals surface area contributed by atoms with Crippen LogP contribution in [-0.2, 0) is 21.7 Å². The molecule has 0 saturated carbocycles. The lowest BCUT2D eigenvalue weighted by molar-refractivity contribution is -0.849. The van der Waals surface area contributed by atoms with Gasteiger partial charge in [0.1, 0.15) is 0 Å². The van der Waals surface area contributed by atoms with E-state index in [4.69, 9.17) is 7.85 Å². The summed E-state index contributed by atoms with van der Waals surface area (Å²) in [5.74, 6) is 0. The van der Waals surface area contributed by atoms with Crippen molar-refractivity contribution in [2.75, 3.05) is 28.2 Å². The van der Waals surface area contributed by atoms with Gasteiger partial charge in [0.15, 0.2) is 0 Å². The van der Waals surface area contributed by atoms with Gasteiger partial charge in [-0.25, -0.2) is 0 Å². The summed E-state index contributed by atoms with van der Waals surface area (Å²) in [6.07, 6.45) is 2.60. The minimum atomic E-state index is -0.309. The summed E-state index contributed by atoms with van der Waals surface area (Å²) in [5, 5.41) is 0. The first-order valence-corrected chi connectivity index (χ1v) is 15.0. The molecule has 3 aromatic rings. The Morgan fingerprint density at radius 2 is 0.700 bits per heavy atom. The Kier molecular flexibility index (Phi) is 10.7. The standard InChI is InChI=1S/C34H45B.C4H12N/c1-31(2,3)25-17-10-13-20-28(25)34(23-16-24-35,29-21-14-11-18-26(29)32(4,5)6)30-22-15-12-19-27(30)33(7,8)9;1-5(2,3)4/h10-15,17-22H,16,23-24H2,1-9H3;1-4H3/q-1;+1. The van der Waals surface area contributed by atoms with Gasteiger partial charge in [0.25, 0.3) is 0 Å². The van der Waals surface area contributed by atoms with Gasteiger partial charge in [0.2, 0.25) is 0 Å². The number of rotatable bonds is 6. The second-order valence-corrected chi connectivity index (χ2v) is 15.9. The van der Waals surface area contributed by atoms with Crippen LogP contribution in [0.15, 0.2) is 72.8 Å². The van der Waals surface area contributed by atoms with Crippen LogP contribution in [0.3, 0.4) is 0 Å². The first-order chi connectivity index (χ1) is 18.2. The summed E-state index contributed by atoms with van der Waals surface area (Å²) < 4.78 is 1.00. The molecule has 2 heteroatoms. The molecule has 3 aromatic carbocycles. The SMILES string of the molecule is C[N+](C)(C)C.[B-]CCCC(c1ccccc1C(C)(C)C)(c1ccccc1C(C)(C)C)c1ccccc1C(C)(C)C. The van der Waals surface area contributed by atoms with Crippen LogP contribution >= 0.6 is 0 Å². The van der Waals surface area contributed by atoms with Gasteiger partial charge >= 0.3 is 0 Å². The minimum Gasteiger partial charge on any atom is -0.626 e. The Hall–Kier alpha value is -2.32. The van der Waals surface area contributed by atoms with E-state index < -0.39 is 0 Å². The number of hydrogen-bond acceptors (Lipinski definition) is 0. The quantitative estimate of drug-likeness (QED) is 0.167. The molecular formula is C38H57BN. The zero-order chi connectivity index (χ0) is 30.6. The van der Waals surface area contributed by atoms with Gasteiger partial charge in [0, 0.05) is 5.41 Å². The summed E-state index contributed by atoms with van der Waals surface area (Å²) >= 11 is 0. The molecule has 217 valence electrons. The van der Waals surface area contributed by atoms with Crippen molar-refractivity contribution in [1.29, 1.82) is 0 Å². The van der Waals surface area contributed by atoms with E-state index in [1.165, 1.54) is 33.4 Å². The summed E-state index contributed by atoms with van der Waals surface area (Å²) in [7, 11) is 14.7. The first-order valence-electron chi connectivity index (χ1n) is 15.0. The molecule has 0 spiro atoms. The predicted octanol–water partition coefficient (Wildman–Crippen LogP) is 9.60. The second-order valence-electron chi connectivity index (χ2n) is 15.9. The van der Waals surface area contributed by atoms with Gasteiger partial charge in [-0.2, -0.15) is 0 Å². The largest absolute Gasteiger partial charge is 0.626 e. The van der Waals surface area contributed by atoms with E-state index in [1.807, 2.05) is 0 Å². The van der Waals surface area contributed by atoms with Crippen LogP contribution in [0, 0.1) is 0 Å². The molecule has 0 aliphatic carbocycles. The molecule has 0 aromatic heterocycles. The molecule has 0 heterocycles. The lowest BCUT2D eigenvalue weighted by atomic mass is 9.58. The highest BCUT2D eigenvalue weighted by atomic mass is 15.2. The summed E-state index contributed by atoms with van der Waals surface area (Å²) in [6.45, 7) is 21.0. The number of nitrogens with zero attached hydrogens (tertiary/aromatic N) is 1. The maximum Gasteiger partial charge on any atom is 0.0675 e. The van der Waals surface area contributed by atoms with Crippen LogP contribution in [-0.4, -0.2) is 40.5 Å². The van der Waals surface area contributed by atoms with E-state index in [0.717, 1.165) is 17.3 Å². The fourth-order valence-corrected chi connectivity index (χ4v) is 5.73. The number of quaternary nitrogens is 1. The fourth-order valence-electron chi connectivity index (χ4n) is 5.73. The van der Waals surface area contributed by atoms with E-state index in [1.54, 1.807) is 0 Å². The fraction of sp³-hybridized carbons (Fsp3) is 0.526. The van der Waals surface area contributed by atoms with Gasteiger partial charge in [-0.05, 0) is 56.0 Å². The second kappa shape index (κ2) is 12.7. The van der Waals surface area contributed by atoms with Crippen molar-refractivity contribution < 1.29 is 4.48 Å². The van der Waals surface area contributed by atoms with E-state index >= 15 is 0 Å². The minimum absolute atomic E-state index is 0.0118. The van der Waals surface area contributed by atoms with Crippen molar-refractivity contribution in [2.24, 2.45) is 0 Å². The molecular weight excluding hydrogens is 481 g/mol. The zero-order valence-electron chi connectivity index (χ0n) is 28.1. The Bertz CT molecular complexity index is 1080. The molecule has 0 atom stereocenters. The average molecular weight is 539 g/mol. The van der Waals surface area contributed by atoms with Crippen molar-refractivity contribution in [3.8, 4) is 0 Å². The van der Waals surface area contributed by atoms with Crippen LogP contribution in [0.2, 0.25) is 6.32 Å². The Morgan fingerprint density at radius 3 is 0.900 bits per heavy atom. The number of hydrogen-bond donors (Lipinski definition) is 0. The van der Waals surface area contributed by atoms with Gasteiger partial charge < -0.3 is 12.3 Å². The van der Waals surface area contributed by atoms with Crippen LogP contribution in [0.25, 0.3) is 0 Å². The van der Waals surface area contributed by atoms with E-state index in [-0.39, 0.29) is 21.7 Å². The Balaban J connectivity index is 0.00000103. The normalized spacial score (nSPS) is 13.1. The highest BCUT2D eigenvalue weighted by Crippen LogP contribution is 2.51. The predicted molar refractivity (Wildman–Crippen MR) is 179 cm³/mol. The summed E-state index contributed by atoms with van der Waals surface area (Å²) in [4.78, 5) is 0. The van der Waals surface area contributed by atoms with E-state index in [2.05, 4.69) is 163 Å². The third-order valence-electron chi connectivity index (χ3n) is 7.34.